The fourth-order valence-corrected chi connectivity index (χ4v) is 9.79. The van der Waals surface area contributed by atoms with Crippen molar-refractivity contribution in [1.29, 1.82) is 0 Å². The van der Waals surface area contributed by atoms with Gasteiger partial charge in [0.2, 0.25) is 8.32 Å². The Bertz CT molecular complexity index is 1010. The highest BCUT2D eigenvalue weighted by molar-refractivity contribution is 6.74. The molecule has 238 valence electrons. The number of unbranched alkanes of at least 4 members (excludes halogenated alkanes) is 5. The Kier molecular flexibility index (Phi) is 10.5. The Balaban J connectivity index is 1.07. The summed E-state index contributed by atoms with van der Waals surface area (Å²) < 4.78 is 18.2. The third-order valence-corrected chi connectivity index (χ3v) is 16.8. The number of benzene rings is 1. The van der Waals surface area contributed by atoms with Crippen molar-refractivity contribution >= 4 is 8.32 Å². The summed E-state index contributed by atoms with van der Waals surface area (Å²) in [7, 11) is -1.84. The smallest absolute Gasteiger partial charge is 0.250 e. The van der Waals surface area contributed by atoms with E-state index >= 15 is 0 Å². The van der Waals surface area contributed by atoms with Gasteiger partial charge in [0.05, 0.1) is 6.10 Å². The molecule has 2 saturated carbocycles. The van der Waals surface area contributed by atoms with Crippen molar-refractivity contribution in [3.63, 3.8) is 0 Å². The summed E-state index contributed by atoms with van der Waals surface area (Å²) in [4.78, 5) is 0. The average Bonchev–Trinajstić information content (AvgIpc) is 3.21. The van der Waals surface area contributed by atoms with Crippen molar-refractivity contribution in [2.24, 2.45) is 23.2 Å². The van der Waals surface area contributed by atoms with Crippen LogP contribution in [0, 0.1) is 23.2 Å². The largest absolute Gasteiger partial charge is 0.543 e. The van der Waals surface area contributed by atoms with Crippen LogP contribution in [0.4, 0.5) is 0 Å². The number of aryl methyl sites for hydroxylation is 1. The van der Waals surface area contributed by atoms with Gasteiger partial charge in [-0.05, 0) is 135 Å². The van der Waals surface area contributed by atoms with E-state index in [0.717, 1.165) is 44.1 Å². The summed E-state index contributed by atoms with van der Waals surface area (Å²) >= 11 is 0. The highest BCUT2D eigenvalue weighted by atomic mass is 28.4. The fourth-order valence-electron chi connectivity index (χ4n) is 8.77. The van der Waals surface area contributed by atoms with Crippen LogP contribution >= 0.6 is 0 Å². The zero-order valence-corrected chi connectivity index (χ0v) is 28.9. The molecule has 42 heavy (non-hydrogen) atoms. The number of hydrogen-bond acceptors (Lipinski definition) is 4. The SMILES string of the molecule is CC(C)(C)[Si](C)(C)Oc1ccc2c(c1)CC[C@@H]1[C@@H]2CC[C@]2(C)[C@@H](O)C(CCCCCCCCOC3CCCCO3)C[C@@H]12. The molecule has 0 bridgehead atoms. The first kappa shape index (κ1) is 32.5. The van der Waals surface area contributed by atoms with Gasteiger partial charge in [-0.15, -0.1) is 0 Å². The van der Waals surface area contributed by atoms with E-state index in [9.17, 15) is 5.11 Å². The van der Waals surface area contributed by atoms with Gasteiger partial charge in [-0.25, -0.2) is 0 Å². The highest BCUT2D eigenvalue weighted by Crippen LogP contribution is 2.63. The minimum atomic E-state index is -1.84. The van der Waals surface area contributed by atoms with E-state index in [1.807, 2.05) is 0 Å². The Hall–Kier alpha value is -0.883. The third kappa shape index (κ3) is 7.16. The van der Waals surface area contributed by atoms with E-state index in [0.29, 0.717) is 17.8 Å². The minimum Gasteiger partial charge on any atom is -0.543 e. The molecule has 4 nitrogen and oxygen atoms in total. The van der Waals surface area contributed by atoms with Gasteiger partial charge in [-0.3, -0.25) is 0 Å². The molecule has 1 N–H and O–H groups in total. The highest BCUT2D eigenvalue weighted by Gasteiger charge is 2.57. The molecule has 1 saturated heterocycles. The number of hydrogen-bond donors (Lipinski definition) is 1. The molecule has 1 aliphatic heterocycles. The summed E-state index contributed by atoms with van der Waals surface area (Å²) in [5.74, 6) is 3.63. The van der Waals surface area contributed by atoms with Gasteiger partial charge in [-0.2, -0.15) is 0 Å². The molecule has 1 aromatic carbocycles. The zero-order chi connectivity index (χ0) is 30.0. The first-order valence-corrected chi connectivity index (χ1v) is 20.6. The fraction of sp³-hybridized carbons (Fsp3) is 0.838. The molecule has 3 aliphatic carbocycles. The van der Waals surface area contributed by atoms with Crippen LogP contribution in [0.2, 0.25) is 18.1 Å². The number of fused-ring (bicyclic) bond motifs is 5. The molecule has 0 spiro atoms. The number of aliphatic hydroxyl groups excluding tert-OH is 1. The topological polar surface area (TPSA) is 47.9 Å². The van der Waals surface area contributed by atoms with E-state index in [-0.39, 0.29) is 22.8 Å². The lowest BCUT2D eigenvalue weighted by molar-refractivity contribution is -0.162. The molecule has 5 rings (SSSR count). The zero-order valence-electron chi connectivity index (χ0n) is 27.9. The Labute approximate surface area is 258 Å². The van der Waals surface area contributed by atoms with Crippen LogP contribution < -0.4 is 4.43 Å². The predicted octanol–water partition coefficient (Wildman–Crippen LogP) is 9.79. The molecule has 0 radical (unpaired) electrons. The molecule has 1 aromatic rings. The Morgan fingerprint density at radius 2 is 1.76 bits per heavy atom. The molecule has 0 aromatic heterocycles. The normalized spacial score (nSPS) is 33.1. The lowest BCUT2D eigenvalue weighted by Crippen LogP contribution is -2.44. The Morgan fingerprint density at radius 3 is 2.50 bits per heavy atom. The van der Waals surface area contributed by atoms with Crippen LogP contribution in [0.1, 0.15) is 135 Å². The second kappa shape index (κ2) is 13.6. The maximum atomic E-state index is 11.6. The van der Waals surface area contributed by atoms with E-state index in [1.165, 1.54) is 82.6 Å². The van der Waals surface area contributed by atoms with Crippen molar-refractivity contribution in [2.45, 2.75) is 160 Å². The Morgan fingerprint density at radius 1 is 1.00 bits per heavy atom. The molecule has 5 heteroatoms. The lowest BCUT2D eigenvalue weighted by atomic mass is 9.55. The summed E-state index contributed by atoms with van der Waals surface area (Å²) in [6.45, 7) is 15.8. The average molecular weight is 599 g/mol. The van der Waals surface area contributed by atoms with Crippen LogP contribution in [0.25, 0.3) is 0 Å². The van der Waals surface area contributed by atoms with Crippen LogP contribution in [-0.2, 0) is 15.9 Å². The van der Waals surface area contributed by atoms with E-state index in [2.05, 4.69) is 59.0 Å². The second-order valence-corrected chi connectivity index (χ2v) is 20.9. The van der Waals surface area contributed by atoms with Gasteiger partial charge in [0, 0.05) is 13.2 Å². The quantitative estimate of drug-likeness (QED) is 0.192. The van der Waals surface area contributed by atoms with E-state index in [1.54, 1.807) is 5.56 Å². The van der Waals surface area contributed by atoms with E-state index < -0.39 is 8.32 Å². The third-order valence-electron chi connectivity index (χ3n) is 12.4. The van der Waals surface area contributed by atoms with Gasteiger partial charge in [0.1, 0.15) is 5.75 Å². The first-order chi connectivity index (χ1) is 20.0. The molecule has 2 unspecified atom stereocenters. The molecule has 1 heterocycles. The summed E-state index contributed by atoms with van der Waals surface area (Å²) in [5.41, 5.74) is 3.22. The minimum absolute atomic E-state index is 0.0561. The molecule has 3 fully saturated rings. The molecule has 0 amide bonds. The standard InChI is InChI=1S/C37H62O4Si/c1-36(2,3)42(5,6)41-29-18-20-30-27(25-29)17-19-32-31(30)21-22-37(4)33(32)26-28(35(37)38)15-11-9-7-8-10-13-23-39-34-16-12-14-24-40-34/h18,20,25,28,31-35,38H,7-17,19,21-24,26H2,1-6H3/t28?,31-,32-,33+,34?,35+,37+/m1/s1. The lowest BCUT2D eigenvalue weighted by Gasteiger charge is -2.50. The number of rotatable bonds is 12. The van der Waals surface area contributed by atoms with Crippen LogP contribution in [0.15, 0.2) is 18.2 Å². The van der Waals surface area contributed by atoms with Gasteiger partial charge in [0.15, 0.2) is 6.29 Å². The second-order valence-electron chi connectivity index (χ2n) is 16.2. The van der Waals surface area contributed by atoms with Gasteiger partial charge >= 0.3 is 0 Å². The maximum absolute atomic E-state index is 11.6. The summed E-state index contributed by atoms with van der Waals surface area (Å²) in [6, 6.07) is 7.06. The van der Waals surface area contributed by atoms with Crippen molar-refractivity contribution in [1.82, 2.24) is 0 Å². The van der Waals surface area contributed by atoms with Gasteiger partial charge < -0.3 is 19.0 Å². The van der Waals surface area contributed by atoms with Crippen molar-refractivity contribution < 1.29 is 19.0 Å². The number of ether oxygens (including phenoxy) is 2. The van der Waals surface area contributed by atoms with Gasteiger partial charge in [0.25, 0.3) is 0 Å². The predicted molar refractivity (Wildman–Crippen MR) is 176 cm³/mol. The van der Waals surface area contributed by atoms with Gasteiger partial charge in [-0.1, -0.05) is 65.9 Å². The molecule has 4 aliphatic rings. The van der Waals surface area contributed by atoms with Crippen LogP contribution in [0.5, 0.6) is 5.75 Å². The van der Waals surface area contributed by atoms with Crippen LogP contribution in [0.3, 0.4) is 0 Å². The number of aliphatic hydroxyl groups is 1. The van der Waals surface area contributed by atoms with Crippen LogP contribution in [-0.4, -0.2) is 39.0 Å². The van der Waals surface area contributed by atoms with E-state index in [4.69, 9.17) is 13.9 Å². The van der Waals surface area contributed by atoms with Crippen molar-refractivity contribution in [3.8, 4) is 5.75 Å². The monoisotopic (exact) mass is 598 g/mol. The van der Waals surface area contributed by atoms with Crippen molar-refractivity contribution in [3.05, 3.63) is 29.3 Å². The first-order valence-electron chi connectivity index (χ1n) is 17.7. The molecular formula is C37H62O4Si. The summed E-state index contributed by atoms with van der Waals surface area (Å²) in [6.07, 6.45) is 18.3. The molecular weight excluding hydrogens is 536 g/mol. The van der Waals surface area contributed by atoms with Crippen molar-refractivity contribution in [2.75, 3.05) is 13.2 Å². The molecule has 7 atom stereocenters. The maximum Gasteiger partial charge on any atom is 0.250 e. The summed E-state index contributed by atoms with van der Waals surface area (Å²) in [5, 5.41) is 11.8.